The first-order valence-electron chi connectivity index (χ1n) is 6.78. The van der Waals surface area contributed by atoms with Crippen LogP contribution < -0.4 is 10.6 Å². The molecule has 0 bridgehead atoms. The van der Waals surface area contributed by atoms with Crippen LogP contribution in [0.1, 0.15) is 32.8 Å². The van der Waals surface area contributed by atoms with Crippen molar-refractivity contribution in [2.75, 3.05) is 11.4 Å². The zero-order valence-corrected chi connectivity index (χ0v) is 12.2. The van der Waals surface area contributed by atoms with Gasteiger partial charge in [-0.3, -0.25) is 0 Å². The molecule has 0 aromatic heterocycles. The first-order chi connectivity index (χ1) is 8.54. The molecule has 0 aliphatic carbocycles. The smallest absolute Gasteiger partial charge is 0.0643 e. The molecule has 2 rings (SSSR count). The fourth-order valence-electron chi connectivity index (χ4n) is 3.06. The van der Waals surface area contributed by atoms with Crippen molar-refractivity contribution >= 4 is 17.3 Å². The second-order valence-corrected chi connectivity index (χ2v) is 6.07. The summed E-state index contributed by atoms with van der Waals surface area (Å²) >= 11 is 6.41. The molecule has 3 unspecified atom stereocenters. The summed E-state index contributed by atoms with van der Waals surface area (Å²) in [5.74, 6) is 1.40. The van der Waals surface area contributed by atoms with Gasteiger partial charge in [-0.2, -0.15) is 0 Å². The molecule has 1 aromatic carbocycles. The number of hydrogen-bond donors (Lipinski definition) is 1. The lowest BCUT2D eigenvalue weighted by Crippen LogP contribution is -2.46. The van der Waals surface area contributed by atoms with Crippen LogP contribution in [0.3, 0.4) is 0 Å². The molecular weight excluding hydrogens is 244 g/mol. The molecule has 100 valence electrons. The minimum absolute atomic E-state index is 0.520. The van der Waals surface area contributed by atoms with Gasteiger partial charge < -0.3 is 10.6 Å². The maximum atomic E-state index is 6.41. The zero-order valence-electron chi connectivity index (χ0n) is 11.5. The van der Waals surface area contributed by atoms with E-state index in [1.807, 2.05) is 12.1 Å². The van der Waals surface area contributed by atoms with E-state index >= 15 is 0 Å². The monoisotopic (exact) mass is 266 g/mol. The Morgan fingerprint density at radius 3 is 2.72 bits per heavy atom. The van der Waals surface area contributed by atoms with Crippen molar-refractivity contribution in [3.8, 4) is 0 Å². The van der Waals surface area contributed by atoms with E-state index in [0.29, 0.717) is 24.4 Å². The van der Waals surface area contributed by atoms with Gasteiger partial charge in [0.1, 0.15) is 0 Å². The summed E-state index contributed by atoms with van der Waals surface area (Å²) < 4.78 is 0. The number of anilines is 1. The molecule has 1 aromatic rings. The van der Waals surface area contributed by atoms with Gasteiger partial charge in [0.15, 0.2) is 0 Å². The highest BCUT2D eigenvalue weighted by Gasteiger charge is 2.30. The zero-order chi connectivity index (χ0) is 13.3. The summed E-state index contributed by atoms with van der Waals surface area (Å²) in [5, 5.41) is 0.825. The lowest BCUT2D eigenvalue weighted by atomic mass is 9.85. The van der Waals surface area contributed by atoms with Crippen molar-refractivity contribution in [1.29, 1.82) is 0 Å². The van der Waals surface area contributed by atoms with Crippen LogP contribution in [-0.2, 0) is 6.54 Å². The molecule has 2 nitrogen and oxygen atoms in total. The van der Waals surface area contributed by atoms with Gasteiger partial charge in [0.25, 0.3) is 0 Å². The van der Waals surface area contributed by atoms with Gasteiger partial charge in [0, 0.05) is 19.1 Å². The predicted molar refractivity (Wildman–Crippen MR) is 79.1 cm³/mol. The highest BCUT2D eigenvalue weighted by atomic mass is 35.5. The maximum absolute atomic E-state index is 6.41. The molecule has 0 radical (unpaired) electrons. The fourth-order valence-corrected chi connectivity index (χ4v) is 3.36. The average Bonchev–Trinajstić information content (AvgIpc) is 2.33. The SMILES string of the molecule is CC1CC(C)C(C)N(c2c(Cl)cccc2CN)C1. The number of nitrogens with two attached hydrogens (primary N) is 1. The fraction of sp³-hybridized carbons (Fsp3) is 0.600. The molecule has 1 heterocycles. The summed E-state index contributed by atoms with van der Waals surface area (Å²) in [6.45, 7) is 8.55. The molecular formula is C15H23ClN2. The number of rotatable bonds is 2. The molecule has 18 heavy (non-hydrogen) atoms. The van der Waals surface area contributed by atoms with E-state index in [9.17, 15) is 0 Å². The number of nitrogens with zero attached hydrogens (tertiary/aromatic N) is 1. The van der Waals surface area contributed by atoms with Gasteiger partial charge in [0.2, 0.25) is 0 Å². The molecule has 0 amide bonds. The predicted octanol–water partition coefficient (Wildman–Crippen LogP) is 3.67. The summed E-state index contributed by atoms with van der Waals surface area (Å²) in [4.78, 5) is 2.45. The van der Waals surface area contributed by atoms with Crippen LogP contribution in [0.15, 0.2) is 18.2 Å². The minimum Gasteiger partial charge on any atom is -0.367 e. The molecule has 1 fully saturated rings. The first kappa shape index (κ1) is 13.7. The van der Waals surface area contributed by atoms with E-state index in [-0.39, 0.29) is 0 Å². The lowest BCUT2D eigenvalue weighted by molar-refractivity contribution is 0.296. The van der Waals surface area contributed by atoms with Crippen molar-refractivity contribution in [3.63, 3.8) is 0 Å². The highest BCUT2D eigenvalue weighted by molar-refractivity contribution is 6.33. The largest absolute Gasteiger partial charge is 0.367 e. The van der Waals surface area contributed by atoms with Crippen LogP contribution in [0.2, 0.25) is 5.02 Å². The normalized spacial score (nSPS) is 28.5. The van der Waals surface area contributed by atoms with Crippen LogP contribution in [0.4, 0.5) is 5.69 Å². The van der Waals surface area contributed by atoms with Gasteiger partial charge in [0.05, 0.1) is 10.7 Å². The van der Waals surface area contributed by atoms with Gasteiger partial charge in [-0.25, -0.2) is 0 Å². The van der Waals surface area contributed by atoms with Gasteiger partial charge in [-0.1, -0.05) is 37.6 Å². The van der Waals surface area contributed by atoms with Crippen LogP contribution in [0.5, 0.6) is 0 Å². The van der Waals surface area contributed by atoms with Crippen LogP contribution in [0.25, 0.3) is 0 Å². The number of hydrogen-bond acceptors (Lipinski definition) is 2. The van der Waals surface area contributed by atoms with Gasteiger partial charge in [-0.15, -0.1) is 0 Å². The topological polar surface area (TPSA) is 29.3 Å². The highest BCUT2D eigenvalue weighted by Crippen LogP contribution is 2.37. The maximum Gasteiger partial charge on any atom is 0.0643 e. The molecule has 2 N–H and O–H groups in total. The third-order valence-electron chi connectivity index (χ3n) is 4.18. The average molecular weight is 267 g/mol. The van der Waals surface area contributed by atoms with Crippen molar-refractivity contribution < 1.29 is 0 Å². The summed E-state index contributed by atoms with van der Waals surface area (Å²) in [6, 6.07) is 6.55. The van der Waals surface area contributed by atoms with E-state index in [2.05, 4.69) is 31.7 Å². The van der Waals surface area contributed by atoms with E-state index in [4.69, 9.17) is 17.3 Å². The summed E-state index contributed by atoms with van der Waals surface area (Å²) in [5.41, 5.74) is 8.15. The Morgan fingerprint density at radius 1 is 1.33 bits per heavy atom. The van der Waals surface area contributed by atoms with Crippen LogP contribution >= 0.6 is 11.6 Å². The quantitative estimate of drug-likeness (QED) is 0.885. The Kier molecular flexibility index (Phi) is 4.18. The molecule has 0 spiro atoms. The third-order valence-corrected chi connectivity index (χ3v) is 4.48. The second-order valence-electron chi connectivity index (χ2n) is 5.66. The van der Waals surface area contributed by atoms with E-state index in [1.165, 1.54) is 6.42 Å². The molecule has 3 heteroatoms. The Morgan fingerprint density at radius 2 is 2.06 bits per heavy atom. The standard InChI is InChI=1S/C15H23ClN2/c1-10-7-11(2)12(3)18(9-10)15-13(8-17)5-4-6-14(15)16/h4-6,10-12H,7-9,17H2,1-3H3. The Bertz CT molecular complexity index is 419. The second kappa shape index (κ2) is 5.50. The van der Waals surface area contributed by atoms with Gasteiger partial charge in [-0.05, 0) is 36.8 Å². The number of benzene rings is 1. The molecule has 0 saturated carbocycles. The van der Waals surface area contributed by atoms with Crippen molar-refractivity contribution in [1.82, 2.24) is 0 Å². The van der Waals surface area contributed by atoms with Gasteiger partial charge >= 0.3 is 0 Å². The molecule has 1 aliphatic heterocycles. The van der Waals surface area contributed by atoms with Crippen molar-refractivity contribution in [2.45, 2.75) is 39.8 Å². The van der Waals surface area contributed by atoms with E-state index in [0.717, 1.165) is 22.8 Å². The van der Waals surface area contributed by atoms with Crippen molar-refractivity contribution in [2.24, 2.45) is 17.6 Å². The van der Waals surface area contributed by atoms with Crippen molar-refractivity contribution in [3.05, 3.63) is 28.8 Å². The number of halogens is 1. The third kappa shape index (κ3) is 2.50. The number of para-hydroxylation sites is 1. The number of piperidine rings is 1. The summed E-state index contributed by atoms with van der Waals surface area (Å²) in [7, 11) is 0. The van der Waals surface area contributed by atoms with E-state index < -0.39 is 0 Å². The lowest BCUT2D eigenvalue weighted by Gasteiger charge is -2.43. The molecule has 1 aliphatic rings. The van der Waals surface area contributed by atoms with Crippen LogP contribution in [0, 0.1) is 11.8 Å². The first-order valence-corrected chi connectivity index (χ1v) is 7.16. The van der Waals surface area contributed by atoms with E-state index in [1.54, 1.807) is 0 Å². The van der Waals surface area contributed by atoms with Crippen LogP contribution in [-0.4, -0.2) is 12.6 Å². The Labute approximate surface area is 115 Å². The molecule has 3 atom stereocenters. The minimum atomic E-state index is 0.520. The Balaban J connectivity index is 2.40. The summed E-state index contributed by atoms with van der Waals surface area (Å²) in [6.07, 6.45) is 1.29. The molecule has 1 saturated heterocycles. The Hall–Kier alpha value is -0.730.